The zero-order valence-corrected chi connectivity index (χ0v) is 14.4. The number of nitrogens with one attached hydrogen (secondary N) is 2. The molecule has 0 saturated carbocycles. The van der Waals surface area contributed by atoms with Crippen molar-refractivity contribution in [3.05, 3.63) is 0 Å². The van der Waals surface area contributed by atoms with Crippen molar-refractivity contribution in [2.75, 3.05) is 24.7 Å². The van der Waals surface area contributed by atoms with Gasteiger partial charge in [-0.25, -0.2) is 0 Å². The van der Waals surface area contributed by atoms with Crippen molar-refractivity contribution >= 4 is 45.3 Å². The Balaban J connectivity index is 4.49. The summed E-state index contributed by atoms with van der Waals surface area (Å²) in [5, 5.41) is 30.5. The van der Waals surface area contributed by atoms with Crippen LogP contribution in [-0.4, -0.2) is 75.8 Å². The molecule has 2 unspecified atom stereocenters. The van der Waals surface area contributed by atoms with Crippen molar-refractivity contribution in [1.82, 2.24) is 10.6 Å². The van der Waals surface area contributed by atoms with Gasteiger partial charge in [0.15, 0.2) is 0 Å². The molecule has 0 bridgehead atoms. The fraction of sp³-hybridized carbons (Fsp3) is 0.667. The Labute approximate surface area is 146 Å². The highest BCUT2D eigenvalue weighted by Gasteiger charge is 2.22. The topological polar surface area (TPSA) is 179 Å². The van der Waals surface area contributed by atoms with Crippen molar-refractivity contribution in [3.63, 3.8) is 0 Å². The van der Waals surface area contributed by atoms with Crippen LogP contribution in [0.4, 0.5) is 0 Å². The molecule has 0 aliphatic heterocycles. The van der Waals surface area contributed by atoms with Crippen molar-refractivity contribution in [3.8, 4) is 0 Å². The van der Waals surface area contributed by atoms with Gasteiger partial charge in [-0.3, -0.25) is 19.2 Å². The van der Waals surface area contributed by atoms with Crippen LogP contribution in [-0.2, 0) is 19.2 Å². The van der Waals surface area contributed by atoms with Crippen LogP contribution in [0.25, 0.3) is 0 Å². The van der Waals surface area contributed by atoms with E-state index in [2.05, 4.69) is 10.6 Å². The predicted octanol–water partition coefficient (Wildman–Crippen LogP) is -1.76. The minimum atomic E-state index is -1.23. The quantitative estimate of drug-likeness (QED) is 0.157. The lowest BCUT2D eigenvalue weighted by atomic mass is 10.1. The Kier molecular flexibility index (Phi) is 12.1. The molecule has 24 heavy (non-hydrogen) atoms. The number of aliphatic hydroxyl groups is 1. The summed E-state index contributed by atoms with van der Waals surface area (Å²) in [4.78, 5) is 44.8. The number of nitrogens with two attached hydrogens (primary N) is 1. The number of carbonyl (C=O) groups is 4. The molecule has 0 rings (SSSR count). The molecule has 0 spiro atoms. The highest BCUT2D eigenvalue weighted by atomic mass is 33.1. The normalized spacial score (nSPS) is 12.9. The van der Waals surface area contributed by atoms with Gasteiger partial charge in [0.25, 0.3) is 0 Å². The van der Waals surface area contributed by atoms with E-state index >= 15 is 0 Å². The molecule has 7 N–H and O–H groups in total. The summed E-state index contributed by atoms with van der Waals surface area (Å²) in [7, 11) is 2.53. The lowest BCUT2D eigenvalue weighted by Gasteiger charge is -2.17. The number of aliphatic carboxylic acids is 2. The van der Waals surface area contributed by atoms with E-state index in [1.165, 1.54) is 21.6 Å². The first-order valence-corrected chi connectivity index (χ1v) is 9.39. The first-order chi connectivity index (χ1) is 11.3. The Bertz CT molecular complexity index is 450. The molecule has 138 valence electrons. The van der Waals surface area contributed by atoms with Gasteiger partial charge < -0.3 is 31.7 Å². The molecule has 2 amide bonds. The molecule has 10 nitrogen and oxygen atoms in total. The van der Waals surface area contributed by atoms with E-state index in [-0.39, 0.29) is 25.2 Å². The molecule has 0 radical (unpaired) electrons. The van der Waals surface area contributed by atoms with Gasteiger partial charge in [-0.1, -0.05) is 21.6 Å². The van der Waals surface area contributed by atoms with E-state index in [0.29, 0.717) is 5.75 Å². The van der Waals surface area contributed by atoms with E-state index < -0.39 is 42.4 Å². The first kappa shape index (κ1) is 22.5. The van der Waals surface area contributed by atoms with E-state index in [4.69, 9.17) is 21.1 Å². The summed E-state index contributed by atoms with van der Waals surface area (Å²) in [5.41, 5.74) is 5.29. The maximum Gasteiger partial charge on any atom is 0.322 e. The smallest absolute Gasteiger partial charge is 0.322 e. The van der Waals surface area contributed by atoms with Crippen LogP contribution < -0.4 is 16.4 Å². The van der Waals surface area contributed by atoms with Gasteiger partial charge in [0.1, 0.15) is 18.6 Å². The maximum atomic E-state index is 11.9. The maximum absolute atomic E-state index is 11.9. The van der Waals surface area contributed by atoms with Crippen LogP contribution in [0.15, 0.2) is 0 Å². The molecule has 0 aromatic rings. The standard InChI is InChI=1S/C12H21N3O7S2/c13-7(12(21)22)1-2-9(17)15-8(6-24-23-4-3-16)11(20)14-5-10(18)19/h7-8,16H,1-6,13H2,(H,14,20)(H,15,17)(H,18,19)(H,21,22). The Morgan fingerprint density at radius 3 is 2.33 bits per heavy atom. The minimum Gasteiger partial charge on any atom is -0.480 e. The van der Waals surface area contributed by atoms with E-state index in [0.717, 1.165) is 0 Å². The van der Waals surface area contributed by atoms with Gasteiger partial charge in [0.2, 0.25) is 11.8 Å². The minimum absolute atomic E-state index is 0.0347. The summed E-state index contributed by atoms with van der Waals surface area (Å²) in [6.07, 6.45) is -0.262. The number of carbonyl (C=O) groups excluding carboxylic acids is 2. The summed E-state index contributed by atoms with van der Waals surface area (Å²) in [5.74, 6) is -3.07. The molecular formula is C12H21N3O7S2. The predicted molar refractivity (Wildman–Crippen MR) is 89.4 cm³/mol. The van der Waals surface area contributed by atoms with Crippen LogP contribution in [0.5, 0.6) is 0 Å². The van der Waals surface area contributed by atoms with Gasteiger partial charge in [0, 0.05) is 17.9 Å². The fourth-order valence-electron chi connectivity index (χ4n) is 1.36. The number of hydrogen-bond donors (Lipinski definition) is 6. The molecular weight excluding hydrogens is 362 g/mol. The largest absolute Gasteiger partial charge is 0.480 e. The number of rotatable bonds is 13. The van der Waals surface area contributed by atoms with Gasteiger partial charge >= 0.3 is 11.9 Å². The molecule has 12 heteroatoms. The number of carboxylic acids is 2. The lowest BCUT2D eigenvalue weighted by Crippen LogP contribution is -2.49. The second-order valence-electron chi connectivity index (χ2n) is 4.55. The molecule has 0 aromatic heterocycles. The van der Waals surface area contributed by atoms with Crippen molar-refractivity contribution in [2.24, 2.45) is 5.73 Å². The Hall–Kier alpha value is -1.50. The monoisotopic (exact) mass is 383 g/mol. The first-order valence-electron chi connectivity index (χ1n) is 6.90. The van der Waals surface area contributed by atoms with Gasteiger partial charge in [0.05, 0.1) is 6.61 Å². The molecule has 0 heterocycles. The number of hydrogen-bond acceptors (Lipinski definition) is 8. The third-order valence-corrected chi connectivity index (χ3v) is 4.95. The van der Waals surface area contributed by atoms with Gasteiger partial charge in [-0.2, -0.15) is 0 Å². The molecule has 0 aromatic carbocycles. The SMILES string of the molecule is NC(CCC(=O)NC(CSSCCO)C(=O)NCC(=O)O)C(=O)O. The second-order valence-corrected chi connectivity index (χ2v) is 7.17. The van der Waals surface area contributed by atoms with Crippen LogP contribution in [0.3, 0.4) is 0 Å². The molecule has 0 aliphatic carbocycles. The molecule has 0 fully saturated rings. The Morgan fingerprint density at radius 1 is 1.12 bits per heavy atom. The van der Waals surface area contributed by atoms with E-state index in [1.54, 1.807) is 0 Å². The second kappa shape index (κ2) is 12.9. The molecule has 2 atom stereocenters. The highest BCUT2D eigenvalue weighted by Crippen LogP contribution is 2.21. The third-order valence-electron chi connectivity index (χ3n) is 2.56. The zero-order valence-electron chi connectivity index (χ0n) is 12.8. The van der Waals surface area contributed by atoms with Crippen molar-refractivity contribution < 1.29 is 34.5 Å². The van der Waals surface area contributed by atoms with Crippen LogP contribution in [0.2, 0.25) is 0 Å². The Morgan fingerprint density at radius 2 is 1.79 bits per heavy atom. The summed E-state index contributed by atoms with van der Waals surface area (Å²) >= 11 is 0. The van der Waals surface area contributed by atoms with E-state index in [9.17, 15) is 19.2 Å². The summed E-state index contributed by atoms with van der Waals surface area (Å²) < 4.78 is 0. The van der Waals surface area contributed by atoms with Gasteiger partial charge in [-0.05, 0) is 6.42 Å². The van der Waals surface area contributed by atoms with Crippen LogP contribution in [0.1, 0.15) is 12.8 Å². The molecule has 0 aliphatic rings. The zero-order chi connectivity index (χ0) is 18.5. The van der Waals surface area contributed by atoms with Gasteiger partial charge in [-0.15, -0.1) is 0 Å². The number of aliphatic hydroxyl groups excluding tert-OH is 1. The highest BCUT2D eigenvalue weighted by molar-refractivity contribution is 8.76. The van der Waals surface area contributed by atoms with Crippen LogP contribution in [0, 0.1) is 0 Å². The van der Waals surface area contributed by atoms with Crippen LogP contribution >= 0.6 is 21.6 Å². The fourth-order valence-corrected chi connectivity index (χ4v) is 3.29. The number of carboxylic acid groups (broad SMARTS) is 2. The average Bonchev–Trinajstić information content (AvgIpc) is 2.52. The summed E-state index contributed by atoms with van der Waals surface area (Å²) in [6.45, 7) is -0.615. The average molecular weight is 383 g/mol. The molecule has 0 saturated heterocycles. The summed E-state index contributed by atoms with van der Waals surface area (Å²) in [6, 6.07) is -2.15. The van der Waals surface area contributed by atoms with Crippen molar-refractivity contribution in [1.29, 1.82) is 0 Å². The lowest BCUT2D eigenvalue weighted by molar-refractivity contribution is -0.139. The number of amides is 2. The third kappa shape index (κ3) is 11.1. The van der Waals surface area contributed by atoms with E-state index in [1.807, 2.05) is 0 Å². The van der Waals surface area contributed by atoms with Crippen molar-refractivity contribution in [2.45, 2.75) is 24.9 Å².